The fraction of sp³-hybridized carbons (Fsp3) is 0.286. The van der Waals surface area contributed by atoms with E-state index >= 15 is 0 Å². The zero-order valence-electron chi connectivity index (χ0n) is 10.1. The number of carbonyl (C=O) groups is 2. The lowest BCUT2D eigenvalue weighted by Gasteiger charge is -2.11. The molecule has 1 aliphatic heterocycles. The molecule has 0 aromatic heterocycles. The van der Waals surface area contributed by atoms with Gasteiger partial charge in [-0.3, -0.25) is 9.59 Å². The van der Waals surface area contributed by atoms with Gasteiger partial charge in [0.05, 0.1) is 12.5 Å². The molecule has 0 saturated carbocycles. The predicted molar refractivity (Wildman–Crippen MR) is 69.2 cm³/mol. The molecule has 1 heterocycles. The number of benzene rings is 1. The summed E-state index contributed by atoms with van der Waals surface area (Å²) in [5.41, 5.74) is 2.13. The molecule has 0 saturated heterocycles. The lowest BCUT2D eigenvalue weighted by atomic mass is 10.1. The number of fused-ring (bicyclic) bond motifs is 1. The number of terminal acetylenes is 1. The zero-order valence-corrected chi connectivity index (χ0v) is 10.1. The Labute approximate surface area is 106 Å². The first-order valence-electron chi connectivity index (χ1n) is 5.83. The summed E-state index contributed by atoms with van der Waals surface area (Å²) in [5.74, 6) is 2.25. The monoisotopic (exact) mass is 242 g/mol. The highest BCUT2D eigenvalue weighted by Gasteiger charge is 2.19. The van der Waals surface area contributed by atoms with Gasteiger partial charge in [-0.05, 0) is 24.1 Å². The number of rotatable bonds is 3. The quantitative estimate of drug-likeness (QED) is 0.785. The van der Waals surface area contributed by atoms with Crippen molar-refractivity contribution in [2.45, 2.75) is 25.8 Å². The average molecular weight is 242 g/mol. The first kappa shape index (κ1) is 12.2. The van der Waals surface area contributed by atoms with Gasteiger partial charge >= 0.3 is 0 Å². The molecule has 0 spiro atoms. The van der Waals surface area contributed by atoms with E-state index in [9.17, 15) is 9.59 Å². The highest BCUT2D eigenvalue weighted by molar-refractivity contribution is 6.02. The zero-order chi connectivity index (χ0) is 13.1. The minimum atomic E-state index is -0.264. The molecule has 92 valence electrons. The molecule has 0 bridgehead atoms. The number of anilines is 1. The third-order valence-electron chi connectivity index (χ3n) is 2.91. The Bertz CT molecular complexity index is 543. The van der Waals surface area contributed by atoms with E-state index in [1.54, 1.807) is 18.2 Å². The van der Waals surface area contributed by atoms with Gasteiger partial charge in [-0.15, -0.1) is 6.42 Å². The molecule has 1 atom stereocenters. The van der Waals surface area contributed by atoms with Crippen LogP contribution in [0.5, 0.6) is 0 Å². The van der Waals surface area contributed by atoms with E-state index in [2.05, 4.69) is 16.6 Å². The van der Waals surface area contributed by atoms with Crippen LogP contribution in [-0.4, -0.2) is 17.9 Å². The van der Waals surface area contributed by atoms with Gasteiger partial charge in [-0.25, -0.2) is 0 Å². The van der Waals surface area contributed by atoms with Crippen molar-refractivity contribution in [3.8, 4) is 12.3 Å². The van der Waals surface area contributed by atoms with Crippen LogP contribution in [0, 0.1) is 12.3 Å². The van der Waals surface area contributed by atoms with Crippen molar-refractivity contribution < 1.29 is 9.59 Å². The van der Waals surface area contributed by atoms with E-state index in [0.29, 0.717) is 24.1 Å². The molecule has 1 aliphatic rings. The van der Waals surface area contributed by atoms with Crippen molar-refractivity contribution in [1.82, 2.24) is 5.32 Å². The summed E-state index contributed by atoms with van der Waals surface area (Å²) in [4.78, 5) is 23.1. The van der Waals surface area contributed by atoms with Gasteiger partial charge in [0.1, 0.15) is 0 Å². The third-order valence-corrected chi connectivity index (χ3v) is 2.91. The van der Waals surface area contributed by atoms with Crippen LogP contribution in [0.15, 0.2) is 18.2 Å². The second-order valence-corrected chi connectivity index (χ2v) is 4.20. The van der Waals surface area contributed by atoms with Crippen molar-refractivity contribution in [3.63, 3.8) is 0 Å². The number of amides is 2. The van der Waals surface area contributed by atoms with E-state index in [1.807, 2.05) is 6.92 Å². The smallest absolute Gasteiger partial charge is 0.252 e. The fourth-order valence-electron chi connectivity index (χ4n) is 1.86. The first-order valence-corrected chi connectivity index (χ1v) is 5.83. The Morgan fingerprint density at radius 2 is 2.39 bits per heavy atom. The number of hydrogen-bond acceptors (Lipinski definition) is 2. The Kier molecular flexibility index (Phi) is 3.33. The SMILES string of the molecule is C#CC(CC)NC(=O)c1ccc2c(c1)NC(=O)C2. The Hall–Kier alpha value is -2.28. The van der Waals surface area contributed by atoms with Crippen LogP contribution in [0.4, 0.5) is 5.69 Å². The van der Waals surface area contributed by atoms with Crippen LogP contribution in [0.25, 0.3) is 0 Å². The molecule has 1 aromatic rings. The van der Waals surface area contributed by atoms with Crippen molar-refractivity contribution in [3.05, 3.63) is 29.3 Å². The maximum atomic E-state index is 11.9. The second kappa shape index (κ2) is 4.92. The average Bonchev–Trinajstić information content (AvgIpc) is 2.74. The summed E-state index contributed by atoms with van der Waals surface area (Å²) in [6, 6.07) is 4.91. The van der Waals surface area contributed by atoms with Gasteiger partial charge in [-0.1, -0.05) is 18.9 Å². The summed E-state index contributed by atoms with van der Waals surface area (Å²) < 4.78 is 0. The molecule has 4 heteroatoms. The molecule has 2 N–H and O–H groups in total. The predicted octanol–water partition coefficient (Wildman–Crippen LogP) is 1.32. The number of hydrogen-bond donors (Lipinski definition) is 2. The standard InChI is InChI=1S/C14H14N2O2/c1-3-11(4-2)15-14(18)10-6-5-9-8-13(17)16-12(9)7-10/h1,5-7,11H,4,8H2,2H3,(H,15,18)(H,16,17). The van der Waals surface area contributed by atoms with Gasteiger partial charge in [0.2, 0.25) is 5.91 Å². The highest BCUT2D eigenvalue weighted by Crippen LogP contribution is 2.23. The van der Waals surface area contributed by atoms with Crippen molar-refractivity contribution >= 4 is 17.5 Å². The maximum absolute atomic E-state index is 11.9. The number of nitrogens with one attached hydrogen (secondary N) is 2. The Balaban J connectivity index is 2.16. The third kappa shape index (κ3) is 2.35. The largest absolute Gasteiger partial charge is 0.338 e. The minimum Gasteiger partial charge on any atom is -0.338 e. The molecule has 18 heavy (non-hydrogen) atoms. The van der Waals surface area contributed by atoms with Crippen LogP contribution < -0.4 is 10.6 Å². The van der Waals surface area contributed by atoms with Gasteiger partial charge in [-0.2, -0.15) is 0 Å². The molecule has 0 fully saturated rings. The van der Waals surface area contributed by atoms with Gasteiger partial charge in [0.25, 0.3) is 5.91 Å². The van der Waals surface area contributed by atoms with E-state index in [-0.39, 0.29) is 17.9 Å². The van der Waals surface area contributed by atoms with Gasteiger partial charge in [0.15, 0.2) is 0 Å². The van der Waals surface area contributed by atoms with Crippen molar-refractivity contribution in [2.75, 3.05) is 5.32 Å². The van der Waals surface area contributed by atoms with Crippen molar-refractivity contribution in [2.24, 2.45) is 0 Å². The Morgan fingerprint density at radius 1 is 1.61 bits per heavy atom. The van der Waals surface area contributed by atoms with E-state index in [1.165, 1.54) is 0 Å². The summed E-state index contributed by atoms with van der Waals surface area (Å²) >= 11 is 0. The fourth-order valence-corrected chi connectivity index (χ4v) is 1.86. The lowest BCUT2D eigenvalue weighted by Crippen LogP contribution is -2.33. The van der Waals surface area contributed by atoms with Gasteiger partial charge in [0, 0.05) is 11.3 Å². The summed E-state index contributed by atoms with van der Waals surface area (Å²) in [7, 11) is 0. The molecular formula is C14H14N2O2. The lowest BCUT2D eigenvalue weighted by molar-refractivity contribution is -0.115. The van der Waals surface area contributed by atoms with Crippen LogP contribution in [-0.2, 0) is 11.2 Å². The molecule has 2 amide bonds. The van der Waals surface area contributed by atoms with Crippen LogP contribution in [0.1, 0.15) is 29.3 Å². The molecule has 4 nitrogen and oxygen atoms in total. The molecule has 0 aliphatic carbocycles. The molecular weight excluding hydrogens is 228 g/mol. The van der Waals surface area contributed by atoms with Crippen molar-refractivity contribution in [1.29, 1.82) is 0 Å². The number of carbonyl (C=O) groups excluding carboxylic acids is 2. The molecule has 1 aromatic carbocycles. The maximum Gasteiger partial charge on any atom is 0.252 e. The summed E-state index contributed by atoms with van der Waals surface area (Å²) in [5, 5.41) is 5.46. The molecule has 1 unspecified atom stereocenters. The van der Waals surface area contributed by atoms with Crippen LogP contribution in [0.3, 0.4) is 0 Å². The van der Waals surface area contributed by atoms with E-state index in [0.717, 1.165) is 5.56 Å². The summed E-state index contributed by atoms with van der Waals surface area (Å²) in [6.45, 7) is 1.91. The van der Waals surface area contributed by atoms with E-state index < -0.39 is 0 Å². The normalized spacial score (nSPS) is 14.3. The molecule has 2 rings (SSSR count). The summed E-state index contributed by atoms with van der Waals surface area (Å²) in [6.07, 6.45) is 6.35. The minimum absolute atomic E-state index is 0.0439. The first-order chi connectivity index (χ1) is 8.63. The van der Waals surface area contributed by atoms with Crippen LogP contribution >= 0.6 is 0 Å². The molecule has 0 radical (unpaired) electrons. The topological polar surface area (TPSA) is 58.2 Å². The highest BCUT2D eigenvalue weighted by atomic mass is 16.2. The Morgan fingerprint density at radius 3 is 3.06 bits per heavy atom. The van der Waals surface area contributed by atoms with Gasteiger partial charge < -0.3 is 10.6 Å². The van der Waals surface area contributed by atoms with Crippen LogP contribution in [0.2, 0.25) is 0 Å². The second-order valence-electron chi connectivity index (χ2n) is 4.20. The van der Waals surface area contributed by atoms with E-state index in [4.69, 9.17) is 6.42 Å².